The summed E-state index contributed by atoms with van der Waals surface area (Å²) in [6.07, 6.45) is 0.910. The molecule has 1 nitrogen and oxygen atoms in total. The topological polar surface area (TPSA) is 9.23 Å². The van der Waals surface area contributed by atoms with Gasteiger partial charge in [-0.2, -0.15) is 0 Å². The van der Waals surface area contributed by atoms with Gasteiger partial charge in [0.15, 0.2) is 0 Å². The van der Waals surface area contributed by atoms with Crippen LogP contribution in [0.4, 0.5) is 0 Å². The molecule has 3 aromatic carbocycles. The van der Waals surface area contributed by atoms with Crippen molar-refractivity contribution in [3.8, 4) is 16.9 Å². The van der Waals surface area contributed by atoms with Gasteiger partial charge in [0.2, 0.25) is 0 Å². The number of halogens is 1. The molecular weight excluding hydrogens is 336 g/mol. The lowest BCUT2D eigenvalue weighted by Gasteiger charge is -2.10. The SMILES string of the molecule is Brc1cc(-c2ccccc2)ccc1OCCc1ccccc1. The second-order valence-electron chi connectivity index (χ2n) is 5.10. The zero-order valence-electron chi connectivity index (χ0n) is 12.2. The van der Waals surface area contributed by atoms with Gasteiger partial charge in [-0.05, 0) is 44.8 Å². The molecule has 0 aliphatic heterocycles. The van der Waals surface area contributed by atoms with Crippen LogP contribution in [-0.4, -0.2) is 6.61 Å². The van der Waals surface area contributed by atoms with E-state index in [9.17, 15) is 0 Å². The van der Waals surface area contributed by atoms with Crippen LogP contribution in [0.2, 0.25) is 0 Å². The average molecular weight is 353 g/mol. The van der Waals surface area contributed by atoms with E-state index in [0.29, 0.717) is 6.61 Å². The van der Waals surface area contributed by atoms with E-state index in [4.69, 9.17) is 4.74 Å². The van der Waals surface area contributed by atoms with Gasteiger partial charge in [-0.25, -0.2) is 0 Å². The molecule has 0 saturated carbocycles. The van der Waals surface area contributed by atoms with Crippen molar-refractivity contribution in [2.45, 2.75) is 6.42 Å². The molecule has 0 N–H and O–H groups in total. The molecule has 0 atom stereocenters. The summed E-state index contributed by atoms with van der Waals surface area (Å²) in [5, 5.41) is 0. The Labute approximate surface area is 139 Å². The van der Waals surface area contributed by atoms with Crippen LogP contribution < -0.4 is 4.74 Å². The van der Waals surface area contributed by atoms with Gasteiger partial charge in [-0.1, -0.05) is 66.7 Å². The predicted molar refractivity (Wildman–Crippen MR) is 95.2 cm³/mol. The lowest BCUT2D eigenvalue weighted by molar-refractivity contribution is 0.320. The fourth-order valence-corrected chi connectivity index (χ4v) is 2.84. The van der Waals surface area contributed by atoms with Crippen molar-refractivity contribution in [2.24, 2.45) is 0 Å². The first-order chi connectivity index (χ1) is 10.8. The van der Waals surface area contributed by atoms with Crippen molar-refractivity contribution < 1.29 is 4.74 Å². The summed E-state index contributed by atoms with van der Waals surface area (Å²) in [5.41, 5.74) is 3.68. The highest BCUT2D eigenvalue weighted by Gasteiger charge is 2.04. The third kappa shape index (κ3) is 3.77. The molecule has 0 aliphatic carbocycles. The maximum Gasteiger partial charge on any atom is 0.133 e. The second-order valence-corrected chi connectivity index (χ2v) is 5.95. The molecule has 0 aliphatic rings. The zero-order chi connectivity index (χ0) is 15.2. The number of rotatable bonds is 5. The fourth-order valence-electron chi connectivity index (χ4n) is 2.35. The second kappa shape index (κ2) is 7.28. The first kappa shape index (κ1) is 14.9. The van der Waals surface area contributed by atoms with Crippen molar-refractivity contribution >= 4 is 15.9 Å². The third-order valence-electron chi connectivity index (χ3n) is 3.53. The van der Waals surface area contributed by atoms with Gasteiger partial charge in [-0.15, -0.1) is 0 Å². The highest BCUT2D eigenvalue weighted by molar-refractivity contribution is 9.10. The van der Waals surface area contributed by atoms with Gasteiger partial charge in [-0.3, -0.25) is 0 Å². The first-order valence-corrected chi connectivity index (χ1v) is 8.14. The number of hydrogen-bond acceptors (Lipinski definition) is 1. The highest BCUT2D eigenvalue weighted by Crippen LogP contribution is 2.30. The fraction of sp³-hybridized carbons (Fsp3) is 0.100. The molecule has 22 heavy (non-hydrogen) atoms. The Morgan fingerprint density at radius 3 is 2.09 bits per heavy atom. The minimum absolute atomic E-state index is 0.674. The maximum absolute atomic E-state index is 5.88. The number of benzene rings is 3. The molecule has 0 unspecified atom stereocenters. The Bertz CT molecular complexity index is 723. The molecule has 0 radical (unpaired) electrons. The molecule has 0 spiro atoms. The van der Waals surface area contributed by atoms with Crippen LogP contribution in [0.15, 0.2) is 83.3 Å². The average Bonchev–Trinajstić information content (AvgIpc) is 2.58. The Balaban J connectivity index is 1.65. The smallest absolute Gasteiger partial charge is 0.133 e. The van der Waals surface area contributed by atoms with E-state index in [1.165, 1.54) is 16.7 Å². The summed E-state index contributed by atoms with van der Waals surface area (Å²) >= 11 is 3.61. The van der Waals surface area contributed by atoms with Gasteiger partial charge in [0, 0.05) is 6.42 Å². The molecule has 0 amide bonds. The summed E-state index contributed by atoms with van der Waals surface area (Å²) in [5.74, 6) is 0.885. The summed E-state index contributed by atoms with van der Waals surface area (Å²) in [6, 6.07) is 27.0. The van der Waals surface area contributed by atoms with Crippen molar-refractivity contribution in [3.05, 3.63) is 88.9 Å². The van der Waals surface area contributed by atoms with E-state index in [-0.39, 0.29) is 0 Å². The van der Waals surface area contributed by atoms with Crippen LogP contribution in [0.25, 0.3) is 11.1 Å². The Hall–Kier alpha value is -2.06. The van der Waals surface area contributed by atoms with Crippen LogP contribution >= 0.6 is 15.9 Å². The molecule has 3 rings (SSSR count). The Morgan fingerprint density at radius 1 is 0.727 bits per heavy atom. The molecule has 2 heteroatoms. The molecule has 3 aromatic rings. The standard InChI is InChI=1S/C20H17BrO/c21-19-15-18(17-9-5-2-6-10-17)11-12-20(19)22-14-13-16-7-3-1-4-8-16/h1-12,15H,13-14H2. The molecule has 0 fully saturated rings. The van der Waals surface area contributed by atoms with Crippen molar-refractivity contribution in [1.82, 2.24) is 0 Å². The van der Waals surface area contributed by atoms with Gasteiger partial charge in [0.1, 0.15) is 5.75 Å². The van der Waals surface area contributed by atoms with E-state index in [2.05, 4.69) is 64.5 Å². The van der Waals surface area contributed by atoms with Crippen LogP contribution in [0, 0.1) is 0 Å². The van der Waals surface area contributed by atoms with Crippen molar-refractivity contribution in [3.63, 3.8) is 0 Å². The van der Waals surface area contributed by atoms with Gasteiger partial charge < -0.3 is 4.74 Å². The molecular formula is C20H17BrO. The zero-order valence-corrected chi connectivity index (χ0v) is 13.8. The molecule has 0 saturated heterocycles. The molecule has 0 bridgehead atoms. The predicted octanol–water partition coefficient (Wildman–Crippen LogP) is 5.74. The summed E-state index contributed by atoms with van der Waals surface area (Å²) in [6.45, 7) is 0.674. The Kier molecular flexibility index (Phi) is 4.92. The van der Waals surface area contributed by atoms with Crippen LogP contribution in [0.3, 0.4) is 0 Å². The minimum Gasteiger partial charge on any atom is -0.492 e. The van der Waals surface area contributed by atoms with E-state index >= 15 is 0 Å². The lowest BCUT2D eigenvalue weighted by Crippen LogP contribution is -2.01. The lowest BCUT2D eigenvalue weighted by atomic mass is 10.1. The normalized spacial score (nSPS) is 10.4. The van der Waals surface area contributed by atoms with E-state index in [1.54, 1.807) is 0 Å². The summed E-state index contributed by atoms with van der Waals surface area (Å²) < 4.78 is 6.87. The van der Waals surface area contributed by atoms with Crippen LogP contribution in [-0.2, 0) is 6.42 Å². The Morgan fingerprint density at radius 2 is 1.41 bits per heavy atom. The van der Waals surface area contributed by atoms with Gasteiger partial charge in [0.25, 0.3) is 0 Å². The van der Waals surface area contributed by atoms with E-state index < -0.39 is 0 Å². The molecule has 0 aromatic heterocycles. The summed E-state index contributed by atoms with van der Waals surface area (Å²) in [7, 11) is 0. The quantitative estimate of drug-likeness (QED) is 0.569. The number of hydrogen-bond donors (Lipinski definition) is 0. The maximum atomic E-state index is 5.88. The largest absolute Gasteiger partial charge is 0.492 e. The van der Waals surface area contributed by atoms with Crippen LogP contribution in [0.1, 0.15) is 5.56 Å². The van der Waals surface area contributed by atoms with E-state index in [1.807, 2.05) is 30.3 Å². The summed E-state index contributed by atoms with van der Waals surface area (Å²) in [4.78, 5) is 0. The number of ether oxygens (including phenoxy) is 1. The van der Waals surface area contributed by atoms with Gasteiger partial charge in [0.05, 0.1) is 11.1 Å². The highest BCUT2D eigenvalue weighted by atomic mass is 79.9. The first-order valence-electron chi connectivity index (χ1n) is 7.34. The third-order valence-corrected chi connectivity index (χ3v) is 4.15. The van der Waals surface area contributed by atoms with Crippen LogP contribution in [0.5, 0.6) is 5.75 Å². The van der Waals surface area contributed by atoms with Gasteiger partial charge >= 0.3 is 0 Å². The monoisotopic (exact) mass is 352 g/mol. The van der Waals surface area contributed by atoms with E-state index in [0.717, 1.165) is 16.6 Å². The molecule has 110 valence electrons. The van der Waals surface area contributed by atoms with Crippen molar-refractivity contribution in [2.75, 3.05) is 6.61 Å². The molecule has 0 heterocycles. The minimum atomic E-state index is 0.674. The van der Waals surface area contributed by atoms with Crippen molar-refractivity contribution in [1.29, 1.82) is 0 Å².